The normalized spacial score (nSPS) is 12.5. The molecule has 2 rings (SSSR count). The van der Waals surface area contributed by atoms with Crippen LogP contribution in [0.5, 0.6) is 0 Å². The molecule has 0 aliphatic rings. The summed E-state index contributed by atoms with van der Waals surface area (Å²) >= 11 is 5.35. The van der Waals surface area contributed by atoms with E-state index in [0.717, 1.165) is 17.5 Å². The second-order valence-corrected chi connectivity index (χ2v) is 8.04. The Balaban J connectivity index is 2.07. The van der Waals surface area contributed by atoms with Gasteiger partial charge in [-0.15, -0.1) is 0 Å². The SMILES string of the molecule is CCC(NC(=S)Nc1cc(C)ccn1)c1ccc(S(C)(=O)=O)cc1. The summed E-state index contributed by atoms with van der Waals surface area (Å²) < 4.78 is 23.1. The van der Waals surface area contributed by atoms with Crippen molar-refractivity contribution in [2.45, 2.75) is 31.2 Å². The lowest BCUT2D eigenvalue weighted by molar-refractivity contribution is 0.601. The molecule has 0 saturated carbocycles. The van der Waals surface area contributed by atoms with Gasteiger partial charge in [-0.05, 0) is 61.0 Å². The molecule has 7 heteroatoms. The zero-order valence-electron chi connectivity index (χ0n) is 13.9. The molecule has 1 aromatic heterocycles. The van der Waals surface area contributed by atoms with Crippen molar-refractivity contribution >= 4 is 33.0 Å². The Morgan fingerprint density at radius 2 is 1.92 bits per heavy atom. The molecule has 1 atom stereocenters. The van der Waals surface area contributed by atoms with Crippen LogP contribution in [0.25, 0.3) is 0 Å². The van der Waals surface area contributed by atoms with Crippen LogP contribution in [0.4, 0.5) is 5.82 Å². The van der Waals surface area contributed by atoms with Gasteiger partial charge >= 0.3 is 0 Å². The van der Waals surface area contributed by atoms with E-state index in [-0.39, 0.29) is 6.04 Å². The lowest BCUT2D eigenvalue weighted by Gasteiger charge is -2.20. The largest absolute Gasteiger partial charge is 0.356 e. The Kier molecular flexibility index (Phi) is 5.90. The first kappa shape index (κ1) is 18.4. The number of thiocarbonyl (C=S) groups is 1. The average molecular weight is 364 g/mol. The van der Waals surface area contributed by atoms with E-state index in [2.05, 4.69) is 15.6 Å². The van der Waals surface area contributed by atoms with Gasteiger partial charge in [0.15, 0.2) is 14.9 Å². The quantitative estimate of drug-likeness (QED) is 0.795. The highest BCUT2D eigenvalue weighted by atomic mass is 32.2. The van der Waals surface area contributed by atoms with E-state index < -0.39 is 9.84 Å². The molecule has 2 N–H and O–H groups in total. The van der Waals surface area contributed by atoms with E-state index in [1.165, 1.54) is 6.26 Å². The van der Waals surface area contributed by atoms with E-state index in [4.69, 9.17) is 12.2 Å². The highest BCUT2D eigenvalue weighted by Gasteiger charge is 2.13. The van der Waals surface area contributed by atoms with Crippen LogP contribution >= 0.6 is 12.2 Å². The Hall–Kier alpha value is -1.99. The predicted molar refractivity (Wildman–Crippen MR) is 101 cm³/mol. The first-order valence-electron chi connectivity index (χ1n) is 7.60. The van der Waals surface area contributed by atoms with Crippen LogP contribution in [0.2, 0.25) is 0 Å². The van der Waals surface area contributed by atoms with Gasteiger partial charge in [-0.2, -0.15) is 0 Å². The van der Waals surface area contributed by atoms with Crippen molar-refractivity contribution in [2.24, 2.45) is 0 Å². The highest BCUT2D eigenvalue weighted by molar-refractivity contribution is 7.90. The van der Waals surface area contributed by atoms with Crippen molar-refractivity contribution in [3.8, 4) is 0 Å². The van der Waals surface area contributed by atoms with Crippen LogP contribution in [0, 0.1) is 6.92 Å². The molecule has 0 spiro atoms. The number of hydrogen-bond donors (Lipinski definition) is 2. The molecule has 0 aliphatic heterocycles. The number of anilines is 1. The molecule has 2 aromatic rings. The molecule has 0 saturated heterocycles. The van der Waals surface area contributed by atoms with Gasteiger partial charge < -0.3 is 10.6 Å². The summed E-state index contributed by atoms with van der Waals surface area (Å²) in [6.07, 6.45) is 3.73. The minimum absolute atomic E-state index is 0.0107. The van der Waals surface area contributed by atoms with E-state index in [1.807, 2.05) is 38.1 Å². The summed E-state index contributed by atoms with van der Waals surface area (Å²) in [7, 11) is -3.19. The second-order valence-electron chi connectivity index (χ2n) is 5.62. The zero-order chi connectivity index (χ0) is 17.7. The molecule has 0 aliphatic carbocycles. The van der Waals surface area contributed by atoms with Crippen LogP contribution in [-0.4, -0.2) is 24.8 Å². The van der Waals surface area contributed by atoms with Gasteiger partial charge in [-0.25, -0.2) is 13.4 Å². The van der Waals surface area contributed by atoms with E-state index in [0.29, 0.717) is 15.8 Å². The molecular weight excluding hydrogens is 342 g/mol. The maximum absolute atomic E-state index is 11.5. The fourth-order valence-corrected chi connectivity index (χ4v) is 3.16. The van der Waals surface area contributed by atoms with Gasteiger partial charge in [-0.3, -0.25) is 0 Å². The van der Waals surface area contributed by atoms with Crippen LogP contribution in [-0.2, 0) is 9.84 Å². The molecule has 1 aromatic carbocycles. The molecule has 1 unspecified atom stereocenters. The van der Waals surface area contributed by atoms with Gasteiger partial charge in [0.05, 0.1) is 10.9 Å². The third kappa shape index (κ3) is 5.01. The van der Waals surface area contributed by atoms with Crippen molar-refractivity contribution < 1.29 is 8.42 Å². The standard InChI is InChI=1S/C17H21N3O2S2/c1-4-15(13-5-7-14(8-6-13)24(3,21)22)19-17(23)20-16-11-12(2)9-10-18-16/h5-11,15H,4H2,1-3H3,(H2,18,19,20,23). The molecule has 5 nitrogen and oxygen atoms in total. The predicted octanol–water partition coefficient (Wildman–Crippen LogP) is 3.23. The molecule has 0 radical (unpaired) electrons. The third-order valence-corrected chi connectivity index (χ3v) is 4.93. The summed E-state index contributed by atoms with van der Waals surface area (Å²) in [6, 6.07) is 10.7. The minimum Gasteiger partial charge on any atom is -0.356 e. The summed E-state index contributed by atoms with van der Waals surface area (Å²) in [6.45, 7) is 4.02. The van der Waals surface area contributed by atoms with Crippen molar-refractivity contribution in [2.75, 3.05) is 11.6 Å². The number of sulfone groups is 1. The number of nitrogens with zero attached hydrogens (tertiary/aromatic N) is 1. The Morgan fingerprint density at radius 3 is 2.46 bits per heavy atom. The summed E-state index contributed by atoms with van der Waals surface area (Å²) in [5.74, 6) is 0.690. The first-order valence-corrected chi connectivity index (χ1v) is 9.89. The second kappa shape index (κ2) is 7.72. The Bertz CT molecular complexity index is 818. The summed E-state index contributed by atoms with van der Waals surface area (Å²) in [5, 5.41) is 6.79. The smallest absolute Gasteiger partial charge is 0.175 e. The molecule has 128 valence electrons. The van der Waals surface area contributed by atoms with Crippen molar-refractivity contribution in [1.29, 1.82) is 0 Å². The number of nitrogens with one attached hydrogen (secondary N) is 2. The van der Waals surface area contributed by atoms with Crippen molar-refractivity contribution in [1.82, 2.24) is 10.3 Å². The molecule has 24 heavy (non-hydrogen) atoms. The van der Waals surface area contributed by atoms with Crippen LogP contribution in [0.15, 0.2) is 47.5 Å². The third-order valence-electron chi connectivity index (χ3n) is 3.58. The molecule has 0 fully saturated rings. The number of aromatic nitrogens is 1. The van der Waals surface area contributed by atoms with Gasteiger partial charge in [-0.1, -0.05) is 19.1 Å². The van der Waals surface area contributed by atoms with Crippen LogP contribution < -0.4 is 10.6 Å². The Morgan fingerprint density at radius 1 is 1.25 bits per heavy atom. The summed E-state index contributed by atoms with van der Waals surface area (Å²) in [5.41, 5.74) is 2.07. The van der Waals surface area contributed by atoms with Gasteiger partial charge in [0.1, 0.15) is 5.82 Å². The first-order chi connectivity index (χ1) is 11.3. The topological polar surface area (TPSA) is 71.1 Å². The maximum atomic E-state index is 11.5. The number of aryl methyl sites for hydroxylation is 1. The number of hydrogen-bond acceptors (Lipinski definition) is 4. The van der Waals surface area contributed by atoms with Gasteiger partial charge in [0.2, 0.25) is 0 Å². The Labute approximate surface area is 148 Å². The zero-order valence-corrected chi connectivity index (χ0v) is 15.5. The monoisotopic (exact) mass is 363 g/mol. The lowest BCUT2D eigenvalue weighted by Crippen LogP contribution is -2.32. The lowest BCUT2D eigenvalue weighted by atomic mass is 10.1. The van der Waals surface area contributed by atoms with E-state index in [9.17, 15) is 8.42 Å². The van der Waals surface area contributed by atoms with E-state index in [1.54, 1.807) is 18.3 Å². The highest BCUT2D eigenvalue weighted by Crippen LogP contribution is 2.19. The van der Waals surface area contributed by atoms with Gasteiger partial charge in [0, 0.05) is 12.5 Å². The molecule has 1 heterocycles. The fraction of sp³-hybridized carbons (Fsp3) is 0.294. The number of pyridine rings is 1. The minimum atomic E-state index is -3.19. The fourth-order valence-electron chi connectivity index (χ4n) is 2.28. The van der Waals surface area contributed by atoms with Crippen molar-refractivity contribution in [3.63, 3.8) is 0 Å². The van der Waals surface area contributed by atoms with E-state index >= 15 is 0 Å². The average Bonchev–Trinajstić information content (AvgIpc) is 2.52. The number of benzene rings is 1. The molecule has 0 bridgehead atoms. The van der Waals surface area contributed by atoms with Gasteiger partial charge in [0.25, 0.3) is 0 Å². The maximum Gasteiger partial charge on any atom is 0.175 e. The molecular formula is C17H21N3O2S2. The molecule has 0 amide bonds. The van der Waals surface area contributed by atoms with Crippen molar-refractivity contribution in [3.05, 3.63) is 53.7 Å². The summed E-state index contributed by atoms with van der Waals surface area (Å²) in [4.78, 5) is 4.53. The van der Waals surface area contributed by atoms with Crippen LogP contribution in [0.1, 0.15) is 30.5 Å². The van der Waals surface area contributed by atoms with Crippen LogP contribution in [0.3, 0.4) is 0 Å². The number of rotatable bonds is 5.